The summed E-state index contributed by atoms with van der Waals surface area (Å²) in [5.41, 5.74) is 1.23. The van der Waals surface area contributed by atoms with E-state index >= 15 is 0 Å². The van der Waals surface area contributed by atoms with Crippen molar-refractivity contribution < 1.29 is 0 Å². The fourth-order valence-corrected chi connectivity index (χ4v) is 2.44. The summed E-state index contributed by atoms with van der Waals surface area (Å²) in [6.07, 6.45) is 5.44. The van der Waals surface area contributed by atoms with Crippen LogP contribution in [0.4, 0.5) is 0 Å². The van der Waals surface area contributed by atoms with Crippen LogP contribution < -0.4 is 0 Å². The molecule has 0 aromatic carbocycles. The predicted molar refractivity (Wildman–Crippen MR) is 54.1 cm³/mol. The molecule has 1 aliphatic carbocycles. The lowest BCUT2D eigenvalue weighted by Crippen LogP contribution is -2.08. The van der Waals surface area contributed by atoms with Gasteiger partial charge in [-0.25, -0.2) is 9.97 Å². The summed E-state index contributed by atoms with van der Waals surface area (Å²) in [6.45, 7) is 0. The topological polar surface area (TPSA) is 54.5 Å². The third-order valence-corrected chi connectivity index (χ3v) is 3.53. The van der Waals surface area contributed by atoms with Gasteiger partial charge in [-0.15, -0.1) is 11.3 Å². The molecule has 0 radical (unpaired) electrons. The van der Waals surface area contributed by atoms with E-state index in [1.165, 1.54) is 31.3 Å². The first-order chi connectivity index (χ1) is 6.93. The fourth-order valence-electron chi connectivity index (χ4n) is 1.59. The maximum absolute atomic E-state index is 4.56. The van der Waals surface area contributed by atoms with Crippen LogP contribution in [-0.4, -0.2) is 20.2 Å². The molecule has 2 heterocycles. The summed E-state index contributed by atoms with van der Waals surface area (Å²) in [7, 11) is 0. The molecule has 0 unspecified atom stereocenters. The van der Waals surface area contributed by atoms with Crippen molar-refractivity contribution in [1.82, 2.24) is 20.2 Å². The second-order valence-corrected chi connectivity index (χ2v) is 4.40. The SMILES string of the molecule is c1n[nH]c(-c2nc(C3CCC3)cs2)n1. The second kappa shape index (κ2) is 3.16. The number of aromatic amines is 1. The normalized spacial score (nSPS) is 16.9. The van der Waals surface area contributed by atoms with Crippen LogP contribution in [0.3, 0.4) is 0 Å². The van der Waals surface area contributed by atoms with Crippen molar-refractivity contribution in [3.8, 4) is 10.8 Å². The highest BCUT2D eigenvalue weighted by molar-refractivity contribution is 7.13. The first kappa shape index (κ1) is 8.11. The third-order valence-electron chi connectivity index (χ3n) is 2.66. The number of thiazole rings is 1. The van der Waals surface area contributed by atoms with Crippen molar-refractivity contribution in [3.63, 3.8) is 0 Å². The van der Waals surface area contributed by atoms with Crippen molar-refractivity contribution in [2.75, 3.05) is 0 Å². The Balaban J connectivity index is 1.90. The molecule has 0 aliphatic heterocycles. The van der Waals surface area contributed by atoms with Gasteiger partial charge in [-0.05, 0) is 12.8 Å². The zero-order chi connectivity index (χ0) is 9.38. The first-order valence-corrected chi connectivity index (χ1v) is 5.62. The van der Waals surface area contributed by atoms with E-state index in [0.29, 0.717) is 5.92 Å². The van der Waals surface area contributed by atoms with E-state index in [-0.39, 0.29) is 0 Å². The molecule has 0 bridgehead atoms. The van der Waals surface area contributed by atoms with Crippen LogP contribution in [0.5, 0.6) is 0 Å². The zero-order valence-corrected chi connectivity index (χ0v) is 8.42. The molecule has 14 heavy (non-hydrogen) atoms. The van der Waals surface area contributed by atoms with Gasteiger partial charge in [0.25, 0.3) is 0 Å². The van der Waals surface area contributed by atoms with Crippen LogP contribution in [0, 0.1) is 0 Å². The number of H-pyrrole nitrogens is 1. The highest BCUT2D eigenvalue weighted by atomic mass is 32.1. The molecule has 0 spiro atoms. The maximum atomic E-state index is 4.56. The lowest BCUT2D eigenvalue weighted by molar-refractivity contribution is 0.413. The molecule has 0 atom stereocenters. The summed E-state index contributed by atoms with van der Waals surface area (Å²) in [5.74, 6) is 1.48. The minimum Gasteiger partial charge on any atom is -0.257 e. The van der Waals surface area contributed by atoms with Crippen LogP contribution >= 0.6 is 11.3 Å². The highest BCUT2D eigenvalue weighted by Gasteiger charge is 2.22. The molecule has 1 N–H and O–H groups in total. The number of nitrogens with one attached hydrogen (secondary N) is 1. The Kier molecular flexibility index (Phi) is 1.83. The van der Waals surface area contributed by atoms with E-state index in [1.807, 2.05) is 0 Å². The van der Waals surface area contributed by atoms with E-state index in [1.54, 1.807) is 11.3 Å². The maximum Gasteiger partial charge on any atom is 0.184 e. The van der Waals surface area contributed by atoms with Crippen molar-refractivity contribution in [1.29, 1.82) is 0 Å². The lowest BCUT2D eigenvalue weighted by Gasteiger charge is -2.22. The summed E-state index contributed by atoms with van der Waals surface area (Å²) >= 11 is 1.64. The van der Waals surface area contributed by atoms with Crippen LogP contribution in [-0.2, 0) is 0 Å². The molecule has 0 saturated heterocycles. The Morgan fingerprint density at radius 3 is 3.00 bits per heavy atom. The number of nitrogens with zero attached hydrogens (tertiary/aromatic N) is 3. The highest BCUT2D eigenvalue weighted by Crippen LogP contribution is 2.37. The van der Waals surface area contributed by atoms with Gasteiger partial charge in [0.2, 0.25) is 0 Å². The Bertz CT molecular complexity index is 416. The summed E-state index contributed by atoms with van der Waals surface area (Å²) in [4.78, 5) is 8.64. The summed E-state index contributed by atoms with van der Waals surface area (Å²) < 4.78 is 0. The molecule has 2 aromatic heterocycles. The van der Waals surface area contributed by atoms with E-state index < -0.39 is 0 Å². The smallest absolute Gasteiger partial charge is 0.184 e. The Morgan fingerprint density at radius 1 is 1.43 bits per heavy atom. The third kappa shape index (κ3) is 1.24. The molecule has 4 nitrogen and oxygen atoms in total. The molecular weight excluding hydrogens is 196 g/mol. The van der Waals surface area contributed by atoms with Crippen LogP contribution in [0.2, 0.25) is 0 Å². The van der Waals surface area contributed by atoms with Crippen LogP contribution in [0.15, 0.2) is 11.7 Å². The van der Waals surface area contributed by atoms with Gasteiger partial charge in [0.1, 0.15) is 6.33 Å². The molecule has 2 aromatic rings. The van der Waals surface area contributed by atoms with Gasteiger partial charge in [0, 0.05) is 11.3 Å². The number of hydrogen-bond acceptors (Lipinski definition) is 4. The monoisotopic (exact) mass is 206 g/mol. The largest absolute Gasteiger partial charge is 0.257 e. The Hall–Kier alpha value is -1.23. The minimum absolute atomic E-state index is 0.697. The molecule has 1 saturated carbocycles. The lowest BCUT2D eigenvalue weighted by atomic mass is 9.83. The minimum atomic E-state index is 0.697. The second-order valence-electron chi connectivity index (χ2n) is 3.54. The fraction of sp³-hybridized carbons (Fsp3) is 0.444. The quantitative estimate of drug-likeness (QED) is 0.819. The summed E-state index contributed by atoms with van der Waals surface area (Å²) in [5, 5.41) is 9.73. The molecule has 0 amide bonds. The molecule has 72 valence electrons. The van der Waals surface area contributed by atoms with Crippen molar-refractivity contribution in [3.05, 3.63) is 17.4 Å². The molecule has 1 fully saturated rings. The average molecular weight is 206 g/mol. The molecule has 5 heteroatoms. The predicted octanol–water partition coefficient (Wildman–Crippen LogP) is 2.20. The van der Waals surface area contributed by atoms with Crippen LogP contribution in [0.1, 0.15) is 30.9 Å². The number of aromatic nitrogens is 4. The van der Waals surface area contributed by atoms with Gasteiger partial charge in [0.15, 0.2) is 10.8 Å². The van der Waals surface area contributed by atoms with Gasteiger partial charge in [-0.2, -0.15) is 5.10 Å². The van der Waals surface area contributed by atoms with Gasteiger partial charge >= 0.3 is 0 Å². The molecule has 3 rings (SSSR count). The van der Waals surface area contributed by atoms with E-state index in [4.69, 9.17) is 0 Å². The van der Waals surface area contributed by atoms with E-state index in [0.717, 1.165) is 10.8 Å². The number of rotatable bonds is 2. The Labute approximate surface area is 85.4 Å². The van der Waals surface area contributed by atoms with Crippen LogP contribution in [0.25, 0.3) is 10.8 Å². The first-order valence-electron chi connectivity index (χ1n) is 4.74. The number of hydrogen-bond donors (Lipinski definition) is 1. The van der Waals surface area contributed by atoms with Crippen molar-refractivity contribution >= 4 is 11.3 Å². The van der Waals surface area contributed by atoms with Gasteiger partial charge in [-0.1, -0.05) is 6.42 Å². The van der Waals surface area contributed by atoms with E-state index in [9.17, 15) is 0 Å². The van der Waals surface area contributed by atoms with E-state index in [2.05, 4.69) is 25.5 Å². The van der Waals surface area contributed by atoms with Gasteiger partial charge in [0.05, 0.1) is 5.69 Å². The van der Waals surface area contributed by atoms with Gasteiger partial charge < -0.3 is 0 Å². The average Bonchev–Trinajstić information content (AvgIpc) is 2.65. The molecular formula is C9H10N4S. The zero-order valence-electron chi connectivity index (χ0n) is 7.60. The standard InChI is InChI=1S/C9H10N4S/c1-2-6(3-1)7-4-14-9(12-7)8-10-5-11-13-8/h4-6H,1-3H2,(H,10,11,13). The Morgan fingerprint density at radius 2 is 2.36 bits per heavy atom. The van der Waals surface area contributed by atoms with Crippen molar-refractivity contribution in [2.24, 2.45) is 0 Å². The van der Waals surface area contributed by atoms with Gasteiger partial charge in [-0.3, -0.25) is 5.10 Å². The molecule has 1 aliphatic rings. The summed E-state index contributed by atoms with van der Waals surface area (Å²) in [6, 6.07) is 0. The van der Waals surface area contributed by atoms with Crippen molar-refractivity contribution in [2.45, 2.75) is 25.2 Å².